The Bertz CT molecular complexity index is 428. The largest absolute Gasteiger partial charge is 0.370 e. The lowest BCUT2D eigenvalue weighted by Crippen LogP contribution is -2.11. The maximum absolute atomic E-state index is 4.55. The minimum Gasteiger partial charge on any atom is -0.370 e. The molecule has 2 rings (SSSR count). The quantitative estimate of drug-likeness (QED) is 0.791. The normalized spacial score (nSPS) is 20.1. The predicted molar refractivity (Wildman–Crippen MR) is 80.6 cm³/mol. The average molecular weight is 262 g/mol. The molecule has 106 valence electrons. The van der Waals surface area contributed by atoms with Crippen molar-refractivity contribution in [3.05, 3.63) is 11.9 Å². The van der Waals surface area contributed by atoms with Gasteiger partial charge in [0.1, 0.15) is 17.5 Å². The molecule has 4 heteroatoms. The molecule has 1 aromatic rings. The van der Waals surface area contributed by atoms with Crippen LogP contribution in [0.4, 0.5) is 11.6 Å². The molecule has 0 aliphatic heterocycles. The topological polar surface area (TPSA) is 49.8 Å². The molecule has 1 atom stereocenters. The van der Waals surface area contributed by atoms with E-state index in [0.29, 0.717) is 5.41 Å². The number of nitrogens with zero attached hydrogens (tertiary/aromatic N) is 2. The molecule has 1 heterocycles. The summed E-state index contributed by atoms with van der Waals surface area (Å²) in [5, 5.41) is 6.80. The van der Waals surface area contributed by atoms with E-state index >= 15 is 0 Å². The van der Waals surface area contributed by atoms with Crippen molar-refractivity contribution in [2.45, 2.75) is 47.0 Å². The van der Waals surface area contributed by atoms with Gasteiger partial charge in [-0.1, -0.05) is 27.7 Å². The Kier molecular flexibility index (Phi) is 4.27. The van der Waals surface area contributed by atoms with E-state index in [4.69, 9.17) is 0 Å². The van der Waals surface area contributed by atoms with E-state index in [1.807, 2.05) is 6.07 Å². The minimum atomic E-state index is 0.511. The molecule has 1 saturated carbocycles. The van der Waals surface area contributed by atoms with Gasteiger partial charge in [0.2, 0.25) is 0 Å². The van der Waals surface area contributed by atoms with Crippen molar-refractivity contribution < 1.29 is 0 Å². The Labute approximate surface area is 116 Å². The van der Waals surface area contributed by atoms with Crippen LogP contribution in [0.1, 0.15) is 46.4 Å². The Morgan fingerprint density at radius 3 is 2.37 bits per heavy atom. The number of rotatable bonds is 7. The second-order valence-electron chi connectivity index (χ2n) is 6.11. The van der Waals surface area contributed by atoms with E-state index in [2.05, 4.69) is 48.3 Å². The van der Waals surface area contributed by atoms with E-state index in [-0.39, 0.29) is 0 Å². The van der Waals surface area contributed by atoms with Crippen LogP contribution in [0, 0.1) is 11.3 Å². The fourth-order valence-electron chi connectivity index (χ4n) is 2.24. The molecule has 19 heavy (non-hydrogen) atoms. The van der Waals surface area contributed by atoms with Gasteiger partial charge in [0.05, 0.1) is 0 Å². The highest BCUT2D eigenvalue weighted by Gasteiger charge is 2.44. The van der Waals surface area contributed by atoms with Crippen LogP contribution >= 0.6 is 0 Å². The molecule has 0 saturated heterocycles. The molecule has 0 radical (unpaired) electrons. The zero-order valence-electron chi connectivity index (χ0n) is 12.6. The van der Waals surface area contributed by atoms with Gasteiger partial charge in [0.25, 0.3) is 0 Å². The smallest absolute Gasteiger partial charge is 0.132 e. The molecule has 4 nitrogen and oxygen atoms in total. The molecule has 1 aliphatic rings. The molecular formula is C15H26N4. The van der Waals surface area contributed by atoms with Gasteiger partial charge in [-0.25, -0.2) is 9.97 Å². The first-order valence-corrected chi connectivity index (χ1v) is 7.41. The van der Waals surface area contributed by atoms with Gasteiger partial charge in [-0.3, -0.25) is 0 Å². The molecular weight excluding hydrogens is 236 g/mol. The zero-order valence-corrected chi connectivity index (χ0v) is 12.6. The summed E-state index contributed by atoms with van der Waals surface area (Å²) in [6.07, 6.45) is 3.28. The first-order valence-electron chi connectivity index (χ1n) is 7.41. The number of anilines is 2. The van der Waals surface area contributed by atoms with E-state index in [9.17, 15) is 0 Å². The molecule has 1 aromatic heterocycles. The van der Waals surface area contributed by atoms with E-state index in [1.165, 1.54) is 6.42 Å². The summed E-state index contributed by atoms with van der Waals surface area (Å²) >= 11 is 0. The molecule has 0 spiro atoms. The second-order valence-corrected chi connectivity index (χ2v) is 6.11. The summed E-state index contributed by atoms with van der Waals surface area (Å²) in [6, 6.07) is 2.02. The van der Waals surface area contributed by atoms with Crippen molar-refractivity contribution in [1.82, 2.24) is 9.97 Å². The SMILES string of the molecule is CCCNc1cc(NCC2CC2(C)C)nc(CC)n1. The maximum atomic E-state index is 4.55. The fourth-order valence-corrected chi connectivity index (χ4v) is 2.24. The lowest BCUT2D eigenvalue weighted by atomic mass is 10.1. The lowest BCUT2D eigenvalue weighted by molar-refractivity contribution is 0.572. The molecule has 0 amide bonds. The second kappa shape index (κ2) is 5.76. The Balaban J connectivity index is 1.98. The van der Waals surface area contributed by atoms with Crippen LogP contribution in [0.15, 0.2) is 6.07 Å². The van der Waals surface area contributed by atoms with Gasteiger partial charge in [-0.2, -0.15) is 0 Å². The van der Waals surface area contributed by atoms with Crippen LogP contribution < -0.4 is 10.6 Å². The molecule has 0 bridgehead atoms. The molecule has 1 fully saturated rings. The number of aryl methyl sites for hydroxylation is 1. The van der Waals surface area contributed by atoms with E-state index < -0.39 is 0 Å². The van der Waals surface area contributed by atoms with Gasteiger partial charge in [-0.05, 0) is 24.2 Å². The van der Waals surface area contributed by atoms with Crippen LogP contribution in [0.2, 0.25) is 0 Å². The van der Waals surface area contributed by atoms with Crippen LogP contribution in [0.25, 0.3) is 0 Å². The number of hydrogen-bond donors (Lipinski definition) is 2. The number of nitrogens with one attached hydrogen (secondary N) is 2. The summed E-state index contributed by atoms with van der Waals surface area (Å²) in [5.41, 5.74) is 0.511. The number of hydrogen-bond acceptors (Lipinski definition) is 4. The van der Waals surface area contributed by atoms with Gasteiger partial charge >= 0.3 is 0 Å². The van der Waals surface area contributed by atoms with Crippen molar-refractivity contribution >= 4 is 11.6 Å². The molecule has 1 aliphatic carbocycles. The van der Waals surface area contributed by atoms with Crippen molar-refractivity contribution in [3.63, 3.8) is 0 Å². The first kappa shape index (κ1) is 14.1. The van der Waals surface area contributed by atoms with Crippen LogP contribution in [0.3, 0.4) is 0 Å². The summed E-state index contributed by atoms with van der Waals surface area (Å²) in [4.78, 5) is 9.04. The first-order chi connectivity index (χ1) is 9.05. The Hall–Kier alpha value is -1.32. The molecule has 1 unspecified atom stereocenters. The Morgan fingerprint density at radius 1 is 1.21 bits per heavy atom. The van der Waals surface area contributed by atoms with Gasteiger partial charge in [0.15, 0.2) is 0 Å². The predicted octanol–water partition coefficient (Wildman–Crippen LogP) is 3.32. The molecule has 2 N–H and O–H groups in total. The third kappa shape index (κ3) is 3.82. The summed E-state index contributed by atoms with van der Waals surface area (Å²) in [7, 11) is 0. The van der Waals surface area contributed by atoms with Gasteiger partial charge < -0.3 is 10.6 Å². The third-order valence-corrected chi connectivity index (χ3v) is 3.89. The highest BCUT2D eigenvalue weighted by molar-refractivity contribution is 5.47. The van der Waals surface area contributed by atoms with Crippen LogP contribution in [0.5, 0.6) is 0 Å². The molecule has 0 aromatic carbocycles. The minimum absolute atomic E-state index is 0.511. The van der Waals surface area contributed by atoms with Crippen LogP contribution in [-0.2, 0) is 6.42 Å². The van der Waals surface area contributed by atoms with E-state index in [1.54, 1.807) is 0 Å². The summed E-state index contributed by atoms with van der Waals surface area (Å²) < 4.78 is 0. The monoisotopic (exact) mass is 262 g/mol. The van der Waals surface area contributed by atoms with E-state index in [0.717, 1.165) is 49.3 Å². The average Bonchev–Trinajstić information content (AvgIpc) is 3.01. The van der Waals surface area contributed by atoms with Gasteiger partial charge in [0, 0.05) is 25.6 Å². The summed E-state index contributed by atoms with van der Waals surface area (Å²) in [6.45, 7) is 10.9. The zero-order chi connectivity index (χ0) is 13.9. The van der Waals surface area contributed by atoms with Crippen molar-refractivity contribution in [3.8, 4) is 0 Å². The van der Waals surface area contributed by atoms with Crippen LogP contribution in [-0.4, -0.2) is 23.1 Å². The van der Waals surface area contributed by atoms with Crippen molar-refractivity contribution in [2.75, 3.05) is 23.7 Å². The third-order valence-electron chi connectivity index (χ3n) is 3.89. The van der Waals surface area contributed by atoms with Crippen molar-refractivity contribution in [2.24, 2.45) is 11.3 Å². The number of aromatic nitrogens is 2. The highest BCUT2D eigenvalue weighted by Crippen LogP contribution is 2.51. The van der Waals surface area contributed by atoms with Crippen molar-refractivity contribution in [1.29, 1.82) is 0 Å². The lowest BCUT2D eigenvalue weighted by Gasteiger charge is -2.11. The standard InChI is InChI=1S/C15H26N4/c1-5-7-16-13-8-14(19-12(6-2)18-13)17-10-11-9-15(11,3)4/h8,11H,5-7,9-10H2,1-4H3,(H2,16,17,18,19). The Morgan fingerprint density at radius 2 is 1.84 bits per heavy atom. The highest BCUT2D eigenvalue weighted by atomic mass is 15.1. The summed E-state index contributed by atoms with van der Waals surface area (Å²) in [5.74, 6) is 3.57. The van der Waals surface area contributed by atoms with Gasteiger partial charge in [-0.15, -0.1) is 0 Å². The fraction of sp³-hybridized carbons (Fsp3) is 0.733. The maximum Gasteiger partial charge on any atom is 0.132 e.